The first kappa shape index (κ1) is 23.1. The van der Waals surface area contributed by atoms with E-state index in [0.29, 0.717) is 16.4 Å². The number of ether oxygens (including phenoxy) is 1. The molecule has 8 nitrogen and oxygen atoms in total. The summed E-state index contributed by atoms with van der Waals surface area (Å²) in [5.41, 5.74) is 1.02. The molecule has 0 saturated carbocycles. The van der Waals surface area contributed by atoms with E-state index in [-0.39, 0.29) is 39.9 Å². The number of amides is 1. The SMILES string of the molecule is CCOc1cc([N+](=O)[O-])cc(C=Nc2cccc(NC(=O)c3ccc(Cl)cc3Cl)c2)c1O. The number of aliphatic imine (C=N–C) groups is 1. The van der Waals surface area contributed by atoms with Crippen LogP contribution < -0.4 is 10.1 Å². The Labute approximate surface area is 193 Å². The van der Waals surface area contributed by atoms with Crippen LogP contribution in [0.5, 0.6) is 11.5 Å². The fraction of sp³-hybridized carbons (Fsp3) is 0.0909. The van der Waals surface area contributed by atoms with Gasteiger partial charge in [-0.25, -0.2) is 0 Å². The molecule has 0 bridgehead atoms. The molecule has 2 N–H and O–H groups in total. The molecule has 0 spiro atoms. The molecular weight excluding hydrogens is 457 g/mol. The number of phenols is 1. The van der Waals surface area contributed by atoms with Crippen molar-refractivity contribution in [1.82, 2.24) is 0 Å². The Balaban J connectivity index is 1.84. The van der Waals surface area contributed by atoms with Crippen LogP contribution in [0.25, 0.3) is 0 Å². The lowest BCUT2D eigenvalue weighted by Gasteiger charge is -2.08. The Morgan fingerprint density at radius 3 is 2.69 bits per heavy atom. The van der Waals surface area contributed by atoms with Gasteiger partial charge in [0.1, 0.15) is 0 Å². The Hall–Kier alpha value is -3.62. The first-order chi connectivity index (χ1) is 15.3. The van der Waals surface area contributed by atoms with E-state index in [9.17, 15) is 20.0 Å². The molecule has 0 fully saturated rings. The number of benzene rings is 3. The molecule has 0 aliphatic rings. The standard InChI is InChI=1S/C22H17Cl2N3O5/c1-2-32-20-11-17(27(30)31)8-13(21(20)28)12-25-15-4-3-5-16(10-15)26-22(29)18-7-6-14(23)9-19(18)24/h3-12,28H,2H2,1H3,(H,26,29). The van der Waals surface area contributed by atoms with Crippen molar-refractivity contribution in [3.05, 3.63) is 85.9 Å². The van der Waals surface area contributed by atoms with Gasteiger partial charge in [0.2, 0.25) is 0 Å². The minimum atomic E-state index is -0.586. The van der Waals surface area contributed by atoms with Gasteiger partial charge in [-0.15, -0.1) is 0 Å². The predicted molar refractivity (Wildman–Crippen MR) is 124 cm³/mol. The number of halogens is 2. The number of anilines is 1. The summed E-state index contributed by atoms with van der Waals surface area (Å²) in [5.74, 6) is -0.697. The van der Waals surface area contributed by atoms with Gasteiger partial charge in [-0.2, -0.15) is 0 Å². The molecule has 0 heterocycles. The zero-order chi connectivity index (χ0) is 23.3. The Bertz CT molecular complexity index is 1210. The van der Waals surface area contributed by atoms with Crippen molar-refractivity contribution in [2.45, 2.75) is 6.92 Å². The number of carbonyl (C=O) groups is 1. The second-order valence-corrected chi connectivity index (χ2v) is 7.30. The first-order valence-corrected chi connectivity index (χ1v) is 10.1. The fourth-order valence-corrected chi connectivity index (χ4v) is 3.26. The normalized spacial score (nSPS) is 10.8. The summed E-state index contributed by atoms with van der Waals surface area (Å²) in [5, 5.41) is 24.9. The molecule has 0 saturated heterocycles. The van der Waals surface area contributed by atoms with E-state index < -0.39 is 10.8 Å². The zero-order valence-electron chi connectivity index (χ0n) is 16.7. The summed E-state index contributed by atoms with van der Waals surface area (Å²) >= 11 is 11.9. The molecule has 3 rings (SSSR count). The number of aromatic hydroxyl groups is 1. The largest absolute Gasteiger partial charge is 0.504 e. The number of nitro benzene ring substituents is 1. The number of hydrogen-bond donors (Lipinski definition) is 2. The van der Waals surface area contributed by atoms with Gasteiger partial charge in [-0.05, 0) is 43.3 Å². The van der Waals surface area contributed by atoms with Crippen LogP contribution in [-0.2, 0) is 0 Å². The van der Waals surface area contributed by atoms with Crippen LogP contribution in [0.3, 0.4) is 0 Å². The maximum atomic E-state index is 12.5. The molecule has 1 amide bonds. The maximum absolute atomic E-state index is 12.5. The van der Waals surface area contributed by atoms with E-state index in [0.717, 1.165) is 6.07 Å². The highest BCUT2D eigenvalue weighted by atomic mass is 35.5. The number of phenolic OH excluding ortho intramolecular Hbond substituents is 1. The minimum Gasteiger partial charge on any atom is -0.504 e. The lowest BCUT2D eigenvalue weighted by molar-refractivity contribution is -0.385. The van der Waals surface area contributed by atoms with Crippen LogP contribution in [0.1, 0.15) is 22.8 Å². The van der Waals surface area contributed by atoms with Crippen LogP contribution in [-0.4, -0.2) is 28.8 Å². The van der Waals surface area contributed by atoms with Crippen molar-refractivity contribution in [3.63, 3.8) is 0 Å². The molecule has 3 aromatic carbocycles. The highest BCUT2D eigenvalue weighted by molar-refractivity contribution is 6.37. The summed E-state index contributed by atoms with van der Waals surface area (Å²) in [6.45, 7) is 1.92. The second kappa shape index (κ2) is 10.1. The van der Waals surface area contributed by atoms with Crippen LogP contribution in [0, 0.1) is 10.1 Å². The molecule has 0 atom stereocenters. The Kier molecular flexibility index (Phi) is 7.29. The number of carbonyl (C=O) groups excluding carboxylic acids is 1. The number of non-ortho nitro benzene ring substituents is 1. The molecule has 0 aromatic heterocycles. The van der Waals surface area contributed by atoms with Crippen LogP contribution in [0.2, 0.25) is 10.0 Å². The predicted octanol–water partition coefficient (Wildman–Crippen LogP) is 6.01. The van der Waals surface area contributed by atoms with Crippen molar-refractivity contribution < 1.29 is 19.6 Å². The summed E-state index contributed by atoms with van der Waals surface area (Å²) in [4.78, 5) is 27.3. The van der Waals surface area contributed by atoms with Crippen molar-refractivity contribution in [2.24, 2.45) is 4.99 Å². The third kappa shape index (κ3) is 5.54. The van der Waals surface area contributed by atoms with Gasteiger partial charge in [-0.3, -0.25) is 19.9 Å². The van der Waals surface area contributed by atoms with Gasteiger partial charge < -0.3 is 15.2 Å². The summed E-state index contributed by atoms with van der Waals surface area (Å²) in [6, 6.07) is 13.5. The van der Waals surface area contributed by atoms with E-state index >= 15 is 0 Å². The van der Waals surface area contributed by atoms with Gasteiger partial charge in [-0.1, -0.05) is 29.3 Å². The van der Waals surface area contributed by atoms with E-state index in [1.165, 1.54) is 24.4 Å². The van der Waals surface area contributed by atoms with Gasteiger partial charge >= 0.3 is 0 Å². The second-order valence-electron chi connectivity index (χ2n) is 6.46. The van der Waals surface area contributed by atoms with E-state index in [4.69, 9.17) is 27.9 Å². The zero-order valence-corrected chi connectivity index (χ0v) is 18.2. The van der Waals surface area contributed by atoms with Gasteiger partial charge in [0.25, 0.3) is 11.6 Å². The van der Waals surface area contributed by atoms with Gasteiger partial charge in [0.05, 0.1) is 33.9 Å². The van der Waals surface area contributed by atoms with Crippen molar-refractivity contribution in [1.29, 1.82) is 0 Å². The quantitative estimate of drug-likeness (QED) is 0.247. The smallest absolute Gasteiger partial charge is 0.274 e. The summed E-state index contributed by atoms with van der Waals surface area (Å²) in [6.07, 6.45) is 1.28. The monoisotopic (exact) mass is 473 g/mol. The van der Waals surface area contributed by atoms with Crippen LogP contribution in [0.15, 0.2) is 59.6 Å². The van der Waals surface area contributed by atoms with Crippen LogP contribution in [0.4, 0.5) is 17.1 Å². The van der Waals surface area contributed by atoms with Gasteiger partial charge in [0.15, 0.2) is 11.5 Å². The van der Waals surface area contributed by atoms with E-state index in [1.54, 1.807) is 37.3 Å². The number of hydrogen-bond acceptors (Lipinski definition) is 6. The Morgan fingerprint density at radius 1 is 1.22 bits per heavy atom. The lowest BCUT2D eigenvalue weighted by Crippen LogP contribution is -2.12. The fourth-order valence-electron chi connectivity index (χ4n) is 2.76. The molecule has 0 aliphatic heterocycles. The molecule has 32 heavy (non-hydrogen) atoms. The maximum Gasteiger partial charge on any atom is 0.274 e. The Morgan fingerprint density at radius 2 is 2.00 bits per heavy atom. The molecule has 0 radical (unpaired) electrons. The van der Waals surface area contributed by atoms with E-state index in [1.807, 2.05) is 0 Å². The lowest BCUT2D eigenvalue weighted by atomic mass is 10.1. The topological polar surface area (TPSA) is 114 Å². The molecule has 3 aromatic rings. The third-order valence-electron chi connectivity index (χ3n) is 4.23. The first-order valence-electron chi connectivity index (χ1n) is 9.33. The third-order valence-corrected chi connectivity index (χ3v) is 4.78. The highest BCUT2D eigenvalue weighted by Gasteiger charge is 2.16. The van der Waals surface area contributed by atoms with E-state index in [2.05, 4.69) is 10.3 Å². The molecule has 0 unspecified atom stereocenters. The number of nitrogens with zero attached hydrogens (tertiary/aromatic N) is 2. The molecule has 164 valence electrons. The van der Waals surface area contributed by atoms with Crippen LogP contribution >= 0.6 is 23.2 Å². The molecular formula is C22H17Cl2N3O5. The molecule has 10 heteroatoms. The van der Waals surface area contributed by atoms with Gasteiger partial charge in [0, 0.05) is 28.6 Å². The average molecular weight is 474 g/mol. The minimum absolute atomic E-state index is 0.0102. The number of nitro groups is 1. The summed E-state index contributed by atoms with van der Waals surface area (Å²) in [7, 11) is 0. The average Bonchev–Trinajstić information content (AvgIpc) is 2.74. The van der Waals surface area contributed by atoms with Crippen molar-refractivity contribution >= 4 is 52.4 Å². The number of nitrogens with one attached hydrogen (secondary N) is 1. The highest BCUT2D eigenvalue weighted by Crippen LogP contribution is 2.34. The number of rotatable bonds is 7. The van der Waals surface area contributed by atoms with Crippen molar-refractivity contribution in [2.75, 3.05) is 11.9 Å². The van der Waals surface area contributed by atoms with Crippen molar-refractivity contribution in [3.8, 4) is 11.5 Å². The summed E-state index contributed by atoms with van der Waals surface area (Å²) < 4.78 is 5.26. The molecule has 0 aliphatic carbocycles.